The molecular weight excluding hydrogens is 254 g/mol. The molecule has 1 fully saturated rings. The number of hydrogen-bond acceptors (Lipinski definition) is 4. The first-order chi connectivity index (χ1) is 9.76. The Hall–Kier alpha value is -0.910. The smallest absolute Gasteiger partial charge is 0.0736 e. The van der Waals surface area contributed by atoms with Crippen molar-refractivity contribution in [1.29, 1.82) is 0 Å². The summed E-state index contributed by atoms with van der Waals surface area (Å²) in [6.07, 6.45) is 4.56. The highest BCUT2D eigenvalue weighted by molar-refractivity contribution is 5.24. The summed E-state index contributed by atoms with van der Waals surface area (Å²) in [6.45, 7) is 5.89. The van der Waals surface area contributed by atoms with Gasteiger partial charge in [0.25, 0.3) is 0 Å². The Morgan fingerprint density at radius 1 is 1.40 bits per heavy atom. The van der Waals surface area contributed by atoms with Crippen LogP contribution in [0.5, 0.6) is 0 Å². The molecule has 0 radical (unpaired) electrons. The van der Waals surface area contributed by atoms with Crippen molar-refractivity contribution in [3.63, 3.8) is 0 Å². The zero-order chi connectivity index (χ0) is 13.9. The van der Waals surface area contributed by atoms with Gasteiger partial charge in [-0.1, -0.05) is 0 Å². The molecule has 0 bridgehead atoms. The Balaban J connectivity index is 1.68. The number of ether oxygens (including phenoxy) is 2. The molecule has 0 unspecified atom stereocenters. The predicted octanol–water partition coefficient (Wildman–Crippen LogP) is 1.39. The second kappa shape index (κ2) is 6.24. The number of aryl methyl sites for hydroxylation is 1. The molecule has 1 aromatic rings. The third-order valence-corrected chi connectivity index (χ3v) is 4.42. The fraction of sp³-hybridized carbons (Fsp3) is 0.800. The molecule has 1 saturated heterocycles. The highest BCUT2D eigenvalue weighted by atomic mass is 16.5. The first-order valence-electron chi connectivity index (χ1n) is 7.57. The molecule has 112 valence electrons. The maximum atomic E-state index is 5.46. The summed E-state index contributed by atoms with van der Waals surface area (Å²) in [5, 5.41) is 4.62. The number of rotatable bonds is 4. The average molecular weight is 279 g/mol. The molecular formula is C15H25N3O2. The standard InChI is InChI=1S/C15H25N3O2/c1-17-8-13-9-18(7-12-3-5-20-6-4-12)10-14(11-19-2)15(13)16-17/h8,12,14H,3-7,9-11H2,1-2H3/t14-/m1/s1. The fourth-order valence-electron chi connectivity index (χ4n) is 3.49. The van der Waals surface area contributed by atoms with E-state index in [0.29, 0.717) is 5.92 Å². The van der Waals surface area contributed by atoms with E-state index in [-0.39, 0.29) is 0 Å². The minimum Gasteiger partial charge on any atom is -0.384 e. The highest BCUT2D eigenvalue weighted by Crippen LogP contribution is 2.29. The van der Waals surface area contributed by atoms with Crippen molar-refractivity contribution < 1.29 is 9.47 Å². The summed E-state index contributed by atoms with van der Waals surface area (Å²) in [6, 6.07) is 0. The monoisotopic (exact) mass is 279 g/mol. The maximum absolute atomic E-state index is 5.46. The molecule has 3 heterocycles. The topological polar surface area (TPSA) is 39.5 Å². The molecule has 0 spiro atoms. The molecule has 3 rings (SSSR count). The lowest BCUT2D eigenvalue weighted by molar-refractivity contribution is 0.0461. The average Bonchev–Trinajstić information content (AvgIpc) is 2.81. The van der Waals surface area contributed by atoms with Crippen LogP contribution in [0.25, 0.3) is 0 Å². The summed E-state index contributed by atoms with van der Waals surface area (Å²) >= 11 is 0. The molecule has 2 aliphatic rings. The molecule has 0 amide bonds. The summed E-state index contributed by atoms with van der Waals surface area (Å²) in [5.74, 6) is 1.19. The molecule has 2 aliphatic heterocycles. The molecule has 1 atom stereocenters. The van der Waals surface area contributed by atoms with Gasteiger partial charge in [-0.25, -0.2) is 0 Å². The van der Waals surface area contributed by atoms with E-state index in [0.717, 1.165) is 38.8 Å². The van der Waals surface area contributed by atoms with Gasteiger partial charge in [0.15, 0.2) is 0 Å². The molecule has 5 nitrogen and oxygen atoms in total. The van der Waals surface area contributed by atoms with Crippen LogP contribution in [-0.2, 0) is 23.1 Å². The van der Waals surface area contributed by atoms with E-state index in [1.807, 2.05) is 11.7 Å². The van der Waals surface area contributed by atoms with Crippen LogP contribution in [0, 0.1) is 5.92 Å². The number of aromatic nitrogens is 2. The summed E-state index contributed by atoms with van der Waals surface area (Å²) in [4.78, 5) is 2.57. The van der Waals surface area contributed by atoms with Crippen molar-refractivity contribution in [2.45, 2.75) is 25.3 Å². The number of methoxy groups -OCH3 is 1. The summed E-state index contributed by atoms with van der Waals surface area (Å²) < 4.78 is 12.8. The van der Waals surface area contributed by atoms with Crippen molar-refractivity contribution in [2.75, 3.05) is 40.0 Å². The fourth-order valence-corrected chi connectivity index (χ4v) is 3.49. The molecule has 0 saturated carbocycles. The zero-order valence-corrected chi connectivity index (χ0v) is 12.5. The molecule has 5 heteroatoms. The lowest BCUT2D eigenvalue weighted by Crippen LogP contribution is -2.39. The highest BCUT2D eigenvalue weighted by Gasteiger charge is 2.29. The zero-order valence-electron chi connectivity index (χ0n) is 12.5. The Morgan fingerprint density at radius 3 is 2.95 bits per heavy atom. The van der Waals surface area contributed by atoms with Crippen LogP contribution in [0.2, 0.25) is 0 Å². The normalized spacial score (nSPS) is 24.8. The molecule has 1 aromatic heterocycles. The van der Waals surface area contributed by atoms with E-state index in [9.17, 15) is 0 Å². The number of nitrogens with zero attached hydrogens (tertiary/aromatic N) is 3. The van der Waals surface area contributed by atoms with E-state index >= 15 is 0 Å². The minimum absolute atomic E-state index is 0.407. The van der Waals surface area contributed by atoms with Gasteiger partial charge in [0.2, 0.25) is 0 Å². The molecule has 0 aromatic carbocycles. The van der Waals surface area contributed by atoms with Crippen LogP contribution in [0.15, 0.2) is 6.20 Å². The van der Waals surface area contributed by atoms with Crippen LogP contribution in [0.4, 0.5) is 0 Å². The van der Waals surface area contributed by atoms with Crippen LogP contribution in [0.1, 0.15) is 30.0 Å². The van der Waals surface area contributed by atoms with Crippen LogP contribution >= 0.6 is 0 Å². The first-order valence-corrected chi connectivity index (χ1v) is 7.57. The van der Waals surface area contributed by atoms with Gasteiger partial charge in [-0.3, -0.25) is 9.58 Å². The number of fused-ring (bicyclic) bond motifs is 1. The van der Waals surface area contributed by atoms with E-state index in [1.165, 1.54) is 30.6 Å². The van der Waals surface area contributed by atoms with E-state index < -0.39 is 0 Å². The second-order valence-electron chi connectivity index (χ2n) is 6.12. The third kappa shape index (κ3) is 3.05. The molecule has 0 N–H and O–H groups in total. The van der Waals surface area contributed by atoms with E-state index in [1.54, 1.807) is 7.11 Å². The largest absolute Gasteiger partial charge is 0.384 e. The van der Waals surface area contributed by atoms with Crippen LogP contribution < -0.4 is 0 Å². The van der Waals surface area contributed by atoms with Crippen molar-refractivity contribution in [1.82, 2.24) is 14.7 Å². The van der Waals surface area contributed by atoms with Gasteiger partial charge in [0.05, 0.1) is 12.3 Å². The maximum Gasteiger partial charge on any atom is 0.0736 e. The quantitative estimate of drug-likeness (QED) is 0.835. The Bertz CT molecular complexity index is 440. The van der Waals surface area contributed by atoms with Crippen molar-refractivity contribution in [3.8, 4) is 0 Å². The van der Waals surface area contributed by atoms with Gasteiger partial charge >= 0.3 is 0 Å². The molecule has 20 heavy (non-hydrogen) atoms. The van der Waals surface area contributed by atoms with Crippen LogP contribution in [-0.4, -0.2) is 54.7 Å². The lowest BCUT2D eigenvalue weighted by Gasteiger charge is -2.35. The first kappa shape index (κ1) is 14.0. The van der Waals surface area contributed by atoms with E-state index in [4.69, 9.17) is 9.47 Å². The summed E-state index contributed by atoms with van der Waals surface area (Å²) in [5.41, 5.74) is 2.60. The Kier molecular flexibility index (Phi) is 4.38. The Labute approximate surface area is 120 Å². The van der Waals surface area contributed by atoms with Gasteiger partial charge in [0, 0.05) is 64.7 Å². The predicted molar refractivity (Wildman–Crippen MR) is 76.6 cm³/mol. The third-order valence-electron chi connectivity index (χ3n) is 4.42. The summed E-state index contributed by atoms with van der Waals surface area (Å²) in [7, 11) is 3.78. The van der Waals surface area contributed by atoms with Gasteiger partial charge in [-0.05, 0) is 18.8 Å². The van der Waals surface area contributed by atoms with Gasteiger partial charge < -0.3 is 9.47 Å². The van der Waals surface area contributed by atoms with E-state index in [2.05, 4.69) is 16.2 Å². The number of hydrogen-bond donors (Lipinski definition) is 0. The SMILES string of the molecule is COC[C@H]1CN(CC2CCOCC2)Cc2cn(C)nc21. The lowest BCUT2D eigenvalue weighted by atomic mass is 9.94. The molecule has 0 aliphatic carbocycles. The van der Waals surface area contributed by atoms with Crippen molar-refractivity contribution >= 4 is 0 Å². The second-order valence-corrected chi connectivity index (χ2v) is 6.12. The van der Waals surface area contributed by atoms with Crippen LogP contribution in [0.3, 0.4) is 0 Å². The minimum atomic E-state index is 0.407. The van der Waals surface area contributed by atoms with Gasteiger partial charge in [0.1, 0.15) is 0 Å². The van der Waals surface area contributed by atoms with Crippen molar-refractivity contribution in [2.24, 2.45) is 13.0 Å². The van der Waals surface area contributed by atoms with Gasteiger partial charge in [-0.2, -0.15) is 5.10 Å². The van der Waals surface area contributed by atoms with Gasteiger partial charge in [-0.15, -0.1) is 0 Å². The van der Waals surface area contributed by atoms with Crippen molar-refractivity contribution in [3.05, 3.63) is 17.5 Å². The Morgan fingerprint density at radius 2 is 2.20 bits per heavy atom.